The molecule has 0 saturated heterocycles. The summed E-state index contributed by atoms with van der Waals surface area (Å²) in [7, 11) is 0. The van der Waals surface area contributed by atoms with Crippen molar-refractivity contribution in [3.05, 3.63) is 70.2 Å². The van der Waals surface area contributed by atoms with Gasteiger partial charge in [-0.15, -0.1) is 5.10 Å². The Morgan fingerprint density at radius 2 is 1.85 bits per heavy atom. The average molecular weight is 364 g/mol. The molecule has 2 heterocycles. The molecule has 5 nitrogen and oxygen atoms in total. The molecule has 0 aromatic heterocycles. The first-order chi connectivity index (χ1) is 12.6. The molecule has 0 fully saturated rings. The predicted octanol–water partition coefficient (Wildman–Crippen LogP) is 2.32. The van der Waals surface area contributed by atoms with Crippen molar-refractivity contribution < 1.29 is 4.79 Å². The topological polar surface area (TPSA) is 57.1 Å². The highest BCUT2D eigenvalue weighted by atomic mass is 32.2. The van der Waals surface area contributed by atoms with Crippen molar-refractivity contribution in [3.8, 4) is 0 Å². The van der Waals surface area contributed by atoms with Crippen molar-refractivity contribution in [2.75, 3.05) is 6.26 Å². The van der Waals surface area contributed by atoms with Gasteiger partial charge in [0.2, 0.25) is 0 Å². The molecule has 0 unspecified atom stereocenters. The van der Waals surface area contributed by atoms with Crippen LogP contribution < -0.4 is 15.9 Å². The Bertz CT molecular complexity index is 1010. The lowest BCUT2D eigenvalue weighted by Gasteiger charge is -2.34. The second kappa shape index (κ2) is 6.61. The molecule has 4 rings (SSSR count). The van der Waals surface area contributed by atoms with Crippen LogP contribution in [-0.4, -0.2) is 22.3 Å². The second-order valence-electron chi connectivity index (χ2n) is 6.60. The molecule has 0 bridgehead atoms. The summed E-state index contributed by atoms with van der Waals surface area (Å²) in [6.07, 6.45) is 1.54. The van der Waals surface area contributed by atoms with E-state index < -0.39 is 0 Å². The fourth-order valence-corrected chi connectivity index (χ4v) is 3.55. The Labute approximate surface area is 156 Å². The lowest BCUT2D eigenvalue weighted by molar-refractivity contribution is -0.116. The summed E-state index contributed by atoms with van der Waals surface area (Å²) in [5.41, 5.74) is 2.84. The van der Waals surface area contributed by atoms with Gasteiger partial charge in [-0.3, -0.25) is 15.1 Å². The molecule has 2 aromatic rings. The van der Waals surface area contributed by atoms with Crippen LogP contribution in [0.3, 0.4) is 0 Å². The normalized spacial score (nSPS) is 18.7. The summed E-state index contributed by atoms with van der Waals surface area (Å²) >= 11 is 1.41. The minimum absolute atomic E-state index is 0.143. The molecule has 2 aliphatic heterocycles. The first-order valence-corrected chi connectivity index (χ1v) is 9.81. The van der Waals surface area contributed by atoms with Crippen LogP contribution in [0.15, 0.2) is 58.6 Å². The van der Waals surface area contributed by atoms with Gasteiger partial charge in [0.05, 0.1) is 5.36 Å². The highest BCUT2D eigenvalue weighted by Crippen LogP contribution is 2.31. The second-order valence-corrected chi connectivity index (χ2v) is 7.39. The maximum absolute atomic E-state index is 12.8. The lowest BCUT2D eigenvalue weighted by atomic mass is 10.0. The van der Waals surface area contributed by atoms with Crippen molar-refractivity contribution in [1.82, 2.24) is 10.3 Å². The van der Waals surface area contributed by atoms with Gasteiger partial charge in [-0.2, -0.15) is 0 Å². The number of fused-ring (bicyclic) bond motifs is 2. The van der Waals surface area contributed by atoms with E-state index in [0.717, 1.165) is 16.1 Å². The minimum atomic E-state index is -0.352. The molecule has 0 spiro atoms. The van der Waals surface area contributed by atoms with E-state index in [4.69, 9.17) is 4.99 Å². The van der Waals surface area contributed by atoms with Gasteiger partial charge in [-0.05, 0) is 29.4 Å². The van der Waals surface area contributed by atoms with Crippen molar-refractivity contribution >= 4 is 28.5 Å². The van der Waals surface area contributed by atoms with Crippen LogP contribution in [0.2, 0.25) is 0 Å². The molecule has 1 amide bonds. The van der Waals surface area contributed by atoms with Gasteiger partial charge in [-0.25, -0.2) is 5.01 Å². The van der Waals surface area contributed by atoms with E-state index in [1.54, 1.807) is 5.01 Å². The number of benzene rings is 2. The van der Waals surface area contributed by atoms with Gasteiger partial charge < -0.3 is 0 Å². The molecule has 1 atom stereocenters. The van der Waals surface area contributed by atoms with E-state index >= 15 is 0 Å². The summed E-state index contributed by atoms with van der Waals surface area (Å²) < 4.78 is 0. The van der Waals surface area contributed by atoms with Gasteiger partial charge in [0.1, 0.15) is 5.70 Å². The smallest absolute Gasteiger partial charge is 0.276 e. The Morgan fingerprint density at radius 3 is 2.54 bits per heavy atom. The molecule has 132 valence electrons. The fraction of sp³-hybridized carbons (Fsp3) is 0.250. The van der Waals surface area contributed by atoms with Crippen LogP contribution in [-0.2, 0) is 4.79 Å². The van der Waals surface area contributed by atoms with E-state index in [1.165, 1.54) is 17.3 Å². The van der Waals surface area contributed by atoms with Crippen molar-refractivity contribution in [2.45, 2.75) is 25.9 Å². The maximum Gasteiger partial charge on any atom is 0.276 e. The third-order valence-electron chi connectivity index (χ3n) is 4.61. The van der Waals surface area contributed by atoms with Gasteiger partial charge in [0.25, 0.3) is 5.91 Å². The van der Waals surface area contributed by atoms with E-state index in [9.17, 15) is 4.79 Å². The quantitative estimate of drug-likeness (QED) is 0.890. The van der Waals surface area contributed by atoms with E-state index in [-0.39, 0.29) is 12.1 Å². The SMILES string of the molecule is CSC1=NN2C(=c3ccccc3=N[C@@H]2c2ccc(C(C)C)cc2)C(=O)N1. The highest BCUT2D eigenvalue weighted by Gasteiger charge is 2.34. The third-order valence-corrected chi connectivity index (χ3v) is 5.18. The monoisotopic (exact) mass is 364 g/mol. The van der Waals surface area contributed by atoms with Crippen LogP contribution in [0.25, 0.3) is 5.70 Å². The number of rotatable bonds is 2. The number of para-hydroxylation sites is 1. The van der Waals surface area contributed by atoms with Crippen LogP contribution >= 0.6 is 11.8 Å². The predicted molar refractivity (Wildman–Crippen MR) is 105 cm³/mol. The largest absolute Gasteiger partial charge is 0.298 e. The van der Waals surface area contributed by atoms with Gasteiger partial charge >= 0.3 is 0 Å². The average Bonchev–Trinajstić information content (AvgIpc) is 2.67. The highest BCUT2D eigenvalue weighted by molar-refractivity contribution is 8.13. The number of hydrogen-bond donors (Lipinski definition) is 1. The molecule has 0 aliphatic carbocycles. The van der Waals surface area contributed by atoms with E-state index in [1.807, 2.05) is 30.5 Å². The number of nitrogens with one attached hydrogen (secondary N) is 1. The van der Waals surface area contributed by atoms with Crippen molar-refractivity contribution in [1.29, 1.82) is 0 Å². The zero-order valence-corrected chi connectivity index (χ0v) is 15.7. The molecular weight excluding hydrogens is 344 g/mol. The number of nitrogens with zero attached hydrogens (tertiary/aromatic N) is 3. The van der Waals surface area contributed by atoms with Gasteiger partial charge in [0.15, 0.2) is 11.3 Å². The zero-order valence-electron chi connectivity index (χ0n) is 14.9. The van der Waals surface area contributed by atoms with Gasteiger partial charge in [-0.1, -0.05) is 68.1 Å². The lowest BCUT2D eigenvalue weighted by Crippen LogP contribution is -2.50. The van der Waals surface area contributed by atoms with Crippen LogP contribution in [0, 0.1) is 0 Å². The van der Waals surface area contributed by atoms with Crippen LogP contribution in [0.5, 0.6) is 0 Å². The standard InChI is InChI=1S/C20H20N4OS/c1-12(2)13-8-10-14(11-9-13)18-21-16-7-5-4-6-15(16)17-19(25)22-20(26-3)23-24(17)18/h4-12,18H,1-3H3,(H,22,23,25)/t18-/m0/s1. The zero-order chi connectivity index (χ0) is 18.3. The number of carbonyl (C=O) groups excluding carboxylic acids is 1. The number of carbonyl (C=O) groups is 1. The first-order valence-electron chi connectivity index (χ1n) is 8.58. The molecule has 2 aromatic carbocycles. The third kappa shape index (κ3) is 2.80. The molecule has 6 heteroatoms. The van der Waals surface area contributed by atoms with Crippen molar-refractivity contribution in [2.24, 2.45) is 10.1 Å². The Morgan fingerprint density at radius 1 is 1.12 bits per heavy atom. The van der Waals surface area contributed by atoms with Crippen molar-refractivity contribution in [3.63, 3.8) is 0 Å². The first kappa shape index (κ1) is 16.8. The molecular formula is C20H20N4OS. The summed E-state index contributed by atoms with van der Waals surface area (Å²) in [4.78, 5) is 17.6. The number of hydrogen-bond acceptors (Lipinski definition) is 5. The number of amides is 1. The van der Waals surface area contributed by atoms with Crippen LogP contribution in [0.1, 0.15) is 37.1 Å². The molecule has 1 N–H and O–H groups in total. The number of amidine groups is 1. The molecule has 26 heavy (non-hydrogen) atoms. The molecule has 0 saturated carbocycles. The Kier molecular flexibility index (Phi) is 4.28. The molecule has 2 aliphatic rings. The summed E-state index contributed by atoms with van der Waals surface area (Å²) in [6, 6.07) is 16.1. The number of thioether (sulfide) groups is 1. The van der Waals surface area contributed by atoms with E-state index in [0.29, 0.717) is 16.8 Å². The number of hydrazone groups is 1. The minimum Gasteiger partial charge on any atom is -0.298 e. The van der Waals surface area contributed by atoms with Crippen LogP contribution in [0.4, 0.5) is 0 Å². The maximum atomic E-state index is 12.8. The fourth-order valence-electron chi connectivity index (χ4n) is 3.19. The Hall–Kier alpha value is -2.60. The van der Waals surface area contributed by atoms with E-state index in [2.05, 4.69) is 48.5 Å². The summed E-state index contributed by atoms with van der Waals surface area (Å²) in [5.74, 6) is 0.326. The molecule has 0 radical (unpaired) electrons. The summed E-state index contributed by atoms with van der Waals surface area (Å²) in [6.45, 7) is 4.35. The Balaban J connectivity index is 1.90. The summed E-state index contributed by atoms with van der Waals surface area (Å²) in [5, 5.41) is 11.4. The van der Waals surface area contributed by atoms with Gasteiger partial charge in [0, 0.05) is 5.22 Å².